The molecule has 1 unspecified atom stereocenters. The number of benzene rings is 2. The topological polar surface area (TPSA) is 84.0 Å². The first-order valence-electron chi connectivity index (χ1n) is 8.74. The minimum atomic E-state index is -0.104. The van der Waals surface area contributed by atoms with Crippen molar-refractivity contribution >= 4 is 27.6 Å². The van der Waals surface area contributed by atoms with E-state index >= 15 is 0 Å². The largest absolute Gasteiger partial charge is 0.351 e. The van der Waals surface area contributed by atoms with Crippen LogP contribution in [0.15, 0.2) is 54.7 Å². The number of H-pyrrole nitrogens is 1. The Morgan fingerprint density at radius 2 is 2.04 bits per heavy atom. The van der Waals surface area contributed by atoms with E-state index in [1.807, 2.05) is 25.1 Å². The fourth-order valence-corrected chi connectivity index (χ4v) is 4.30. The van der Waals surface area contributed by atoms with E-state index in [0.717, 1.165) is 29.6 Å². The van der Waals surface area contributed by atoms with Crippen molar-refractivity contribution in [1.82, 2.24) is 15.1 Å². The van der Waals surface area contributed by atoms with Crippen molar-refractivity contribution in [2.75, 3.05) is 6.54 Å². The maximum Gasteiger partial charge on any atom is 0.130 e. The molecule has 0 saturated heterocycles. The van der Waals surface area contributed by atoms with Gasteiger partial charge in [-0.25, -0.2) is 0 Å². The van der Waals surface area contributed by atoms with E-state index in [1.54, 1.807) is 11.8 Å². The summed E-state index contributed by atoms with van der Waals surface area (Å²) in [5.74, 6) is 0. The van der Waals surface area contributed by atoms with E-state index in [4.69, 9.17) is 11.5 Å². The third-order valence-corrected chi connectivity index (χ3v) is 5.79. The molecular weight excluding hydrogens is 342 g/mol. The Balaban J connectivity index is 1.49. The number of aromatic amines is 1. The second kappa shape index (κ2) is 7.15. The lowest BCUT2D eigenvalue weighted by atomic mass is 10.1. The van der Waals surface area contributed by atoms with Gasteiger partial charge in [0, 0.05) is 29.1 Å². The lowest BCUT2D eigenvalue weighted by Gasteiger charge is -2.24. The zero-order valence-electron chi connectivity index (χ0n) is 14.7. The van der Waals surface area contributed by atoms with Gasteiger partial charge < -0.3 is 16.4 Å². The first-order chi connectivity index (χ1) is 12.6. The monoisotopic (exact) mass is 365 g/mol. The fraction of sp³-hybridized carbons (Fsp3) is 0.250. The Bertz CT molecular complexity index is 934. The van der Waals surface area contributed by atoms with Crippen LogP contribution in [0.1, 0.15) is 16.8 Å². The van der Waals surface area contributed by atoms with Crippen molar-refractivity contribution < 1.29 is 0 Å². The van der Waals surface area contributed by atoms with Gasteiger partial charge in [-0.15, -0.1) is 0 Å². The van der Waals surface area contributed by atoms with E-state index in [2.05, 4.69) is 51.6 Å². The minimum Gasteiger partial charge on any atom is -0.351 e. The van der Waals surface area contributed by atoms with Gasteiger partial charge in [0.05, 0.1) is 11.2 Å². The highest BCUT2D eigenvalue weighted by Crippen LogP contribution is 2.38. The van der Waals surface area contributed by atoms with E-state index in [1.165, 1.54) is 16.0 Å². The van der Waals surface area contributed by atoms with Crippen molar-refractivity contribution in [3.8, 4) is 0 Å². The quantitative estimate of drug-likeness (QED) is 0.647. The summed E-state index contributed by atoms with van der Waals surface area (Å²) in [5.41, 5.74) is 17.1. The van der Waals surface area contributed by atoms with Gasteiger partial charge in [0.1, 0.15) is 5.50 Å². The lowest BCUT2D eigenvalue weighted by molar-refractivity contribution is 0.338. The number of hydrogen-bond donors (Lipinski definition) is 3. The van der Waals surface area contributed by atoms with E-state index in [-0.39, 0.29) is 11.5 Å². The molecule has 0 radical (unpaired) electrons. The molecule has 6 heteroatoms. The molecule has 2 heterocycles. The van der Waals surface area contributed by atoms with Crippen molar-refractivity contribution in [1.29, 1.82) is 0 Å². The summed E-state index contributed by atoms with van der Waals surface area (Å²) in [7, 11) is 0. The van der Waals surface area contributed by atoms with Crippen molar-refractivity contribution in [3.05, 3.63) is 71.6 Å². The summed E-state index contributed by atoms with van der Waals surface area (Å²) >= 11 is 1.67. The first-order valence-corrected chi connectivity index (χ1v) is 9.62. The van der Waals surface area contributed by atoms with Gasteiger partial charge in [-0.1, -0.05) is 48.2 Å². The summed E-state index contributed by atoms with van der Waals surface area (Å²) in [6.07, 6.45) is 2.98. The Morgan fingerprint density at radius 3 is 2.85 bits per heavy atom. The Labute approximate surface area is 157 Å². The van der Waals surface area contributed by atoms with Gasteiger partial charge >= 0.3 is 0 Å². The van der Waals surface area contributed by atoms with Crippen molar-refractivity contribution in [2.45, 2.75) is 24.9 Å². The summed E-state index contributed by atoms with van der Waals surface area (Å²) < 4.78 is 0. The molecule has 0 aliphatic carbocycles. The van der Waals surface area contributed by atoms with Crippen LogP contribution >= 0.6 is 11.8 Å². The zero-order chi connectivity index (χ0) is 18.1. The van der Waals surface area contributed by atoms with Crippen molar-refractivity contribution in [2.24, 2.45) is 11.5 Å². The molecule has 0 bridgehead atoms. The molecule has 134 valence electrons. The highest BCUT2D eigenvalue weighted by atomic mass is 32.2. The predicted octanol–water partition coefficient (Wildman–Crippen LogP) is 3.03. The second-order valence-electron chi connectivity index (χ2n) is 6.72. The molecule has 1 aromatic heterocycles. The average Bonchev–Trinajstić information content (AvgIpc) is 3.19. The van der Waals surface area contributed by atoms with Gasteiger partial charge in [-0.3, -0.25) is 5.10 Å². The predicted molar refractivity (Wildman–Crippen MR) is 109 cm³/mol. The van der Waals surface area contributed by atoms with Crippen LogP contribution in [0.25, 0.3) is 15.8 Å². The average molecular weight is 366 g/mol. The van der Waals surface area contributed by atoms with Crippen LogP contribution < -0.4 is 11.5 Å². The maximum atomic E-state index is 6.36. The Kier molecular flexibility index (Phi) is 4.72. The van der Waals surface area contributed by atoms with Crippen molar-refractivity contribution in [3.63, 3.8) is 0 Å². The number of hydrogen-bond acceptors (Lipinski definition) is 5. The number of nitrogens with one attached hydrogen (secondary N) is 1. The zero-order valence-corrected chi connectivity index (χ0v) is 15.5. The van der Waals surface area contributed by atoms with E-state index in [0.29, 0.717) is 0 Å². The highest BCUT2D eigenvalue weighted by molar-refractivity contribution is 8.09. The lowest BCUT2D eigenvalue weighted by Crippen LogP contribution is -2.42. The van der Waals surface area contributed by atoms with Crippen LogP contribution in [0.3, 0.4) is 0 Å². The number of fused-ring (bicyclic) bond motifs is 1. The van der Waals surface area contributed by atoms with Gasteiger partial charge in [0.2, 0.25) is 0 Å². The van der Waals surface area contributed by atoms with Crippen LogP contribution in [-0.4, -0.2) is 33.2 Å². The number of nitrogens with zero attached hydrogens (tertiary/aromatic N) is 2. The van der Waals surface area contributed by atoms with Gasteiger partial charge in [0.15, 0.2) is 0 Å². The molecule has 2 atom stereocenters. The molecule has 1 aliphatic rings. The molecule has 1 aliphatic heterocycles. The van der Waals surface area contributed by atoms with Gasteiger partial charge in [0.25, 0.3) is 0 Å². The third kappa shape index (κ3) is 3.49. The first kappa shape index (κ1) is 17.1. The number of rotatable bonds is 5. The molecule has 2 aromatic carbocycles. The Hall–Kier alpha value is -2.28. The molecular formula is C20H23N5S. The summed E-state index contributed by atoms with van der Waals surface area (Å²) in [5, 5.41) is 8.46. The molecule has 3 aromatic rings. The maximum absolute atomic E-state index is 6.36. The molecule has 0 fully saturated rings. The van der Waals surface area contributed by atoms with Gasteiger partial charge in [-0.2, -0.15) is 5.10 Å². The second-order valence-corrected chi connectivity index (χ2v) is 7.88. The molecule has 5 N–H and O–H groups in total. The molecule has 0 saturated carbocycles. The van der Waals surface area contributed by atoms with E-state index < -0.39 is 0 Å². The molecule has 0 amide bonds. The summed E-state index contributed by atoms with van der Waals surface area (Å²) in [6, 6.07) is 16.7. The number of aryl methyl sites for hydroxylation is 1. The van der Waals surface area contributed by atoms with E-state index in [9.17, 15) is 0 Å². The number of aromatic nitrogens is 2. The smallest absolute Gasteiger partial charge is 0.130 e. The normalized spacial score (nSPS) is 18.3. The molecule has 4 rings (SSSR count). The SMILES string of the molecule is Cc1n[nH]c2ccc(C3=CN(C[C@H](N)Cc4ccccc4)C(N)S3)cc12. The molecule has 26 heavy (non-hydrogen) atoms. The van der Waals surface area contributed by atoms with Crippen LogP contribution in [0, 0.1) is 6.92 Å². The Morgan fingerprint density at radius 1 is 1.23 bits per heavy atom. The summed E-state index contributed by atoms with van der Waals surface area (Å²) in [4.78, 5) is 3.31. The third-order valence-electron chi connectivity index (χ3n) is 4.68. The van der Waals surface area contributed by atoms with Crippen LogP contribution in [0.4, 0.5) is 0 Å². The molecule has 0 spiro atoms. The van der Waals surface area contributed by atoms with Gasteiger partial charge in [-0.05, 0) is 36.6 Å². The van der Waals surface area contributed by atoms with Crippen LogP contribution in [0.5, 0.6) is 0 Å². The number of thioether (sulfide) groups is 1. The number of nitrogens with two attached hydrogens (primary N) is 2. The molecule has 5 nitrogen and oxygen atoms in total. The van der Waals surface area contributed by atoms with Crippen LogP contribution in [-0.2, 0) is 6.42 Å². The van der Waals surface area contributed by atoms with Crippen LogP contribution in [0.2, 0.25) is 0 Å². The standard InChI is InChI=1S/C20H23N5S/c1-13-17-10-15(7-8-18(17)24-23-13)19-12-25(20(22)26-19)11-16(21)9-14-5-3-2-4-6-14/h2-8,10,12,16,20H,9,11,21-22H2,1H3,(H,23,24)/t16-,20?/m1/s1. The summed E-state index contributed by atoms with van der Waals surface area (Å²) in [6.45, 7) is 2.75. The fourth-order valence-electron chi connectivity index (χ4n) is 3.30. The highest BCUT2D eigenvalue weighted by Gasteiger charge is 2.24. The minimum absolute atomic E-state index is 0.0400.